The minimum Gasteiger partial charge on any atom is -0.423 e. The number of nitrogens with zero attached hydrogens (tertiary/aromatic N) is 2. The van der Waals surface area contributed by atoms with Gasteiger partial charge in [0, 0.05) is 11.3 Å². The van der Waals surface area contributed by atoms with Crippen molar-refractivity contribution in [3.63, 3.8) is 0 Å². The number of nitrogens with one attached hydrogen (secondary N) is 1. The quantitative estimate of drug-likeness (QED) is 0.746. The maximum absolute atomic E-state index is 12.4. The number of amides is 1. The van der Waals surface area contributed by atoms with Gasteiger partial charge >= 0.3 is 0 Å². The van der Waals surface area contributed by atoms with E-state index in [4.69, 9.17) is 4.42 Å². The first-order chi connectivity index (χ1) is 12.0. The molecule has 1 heterocycles. The summed E-state index contributed by atoms with van der Waals surface area (Å²) in [5, 5.41) is 21.0. The number of benzene rings is 2. The number of hydrogen-bond acceptors (Lipinski definition) is 5. The molecule has 1 aromatic heterocycles. The van der Waals surface area contributed by atoms with Crippen LogP contribution in [0.3, 0.4) is 0 Å². The number of carbonyl (C=O) groups excluding carboxylic acids is 1. The van der Waals surface area contributed by atoms with Crippen LogP contribution in [-0.2, 0) is 10.4 Å². The van der Waals surface area contributed by atoms with Gasteiger partial charge in [-0.05, 0) is 37.1 Å². The van der Waals surface area contributed by atoms with Crippen molar-refractivity contribution in [3.8, 4) is 11.5 Å². The Morgan fingerprint density at radius 1 is 1.24 bits per heavy atom. The average molecular weight is 337 g/mol. The Morgan fingerprint density at radius 3 is 2.68 bits per heavy atom. The van der Waals surface area contributed by atoms with Crippen molar-refractivity contribution < 1.29 is 14.3 Å². The Kier molecular flexibility index (Phi) is 4.63. The molecule has 0 fully saturated rings. The first-order valence-corrected chi connectivity index (χ1v) is 7.91. The molecule has 6 heteroatoms. The summed E-state index contributed by atoms with van der Waals surface area (Å²) in [6.07, 6.45) is 1.20. The van der Waals surface area contributed by atoms with Crippen molar-refractivity contribution in [1.29, 1.82) is 0 Å². The number of aromatic nitrogens is 2. The topological polar surface area (TPSA) is 88.3 Å². The fourth-order valence-corrected chi connectivity index (χ4v) is 2.59. The van der Waals surface area contributed by atoms with Crippen LogP contribution in [0.15, 0.2) is 59.3 Å². The lowest BCUT2D eigenvalue weighted by molar-refractivity contribution is -0.120. The second-order valence-corrected chi connectivity index (χ2v) is 6.14. The minimum absolute atomic E-state index is 0.0543. The van der Waals surface area contributed by atoms with Gasteiger partial charge in [0.1, 0.15) is 0 Å². The summed E-state index contributed by atoms with van der Waals surface area (Å²) in [6.45, 7) is 3.52. The Hall–Kier alpha value is -2.99. The van der Waals surface area contributed by atoms with E-state index < -0.39 is 5.60 Å². The highest BCUT2D eigenvalue weighted by Gasteiger charge is 2.26. The predicted molar refractivity (Wildman–Crippen MR) is 93.7 cm³/mol. The number of rotatable bonds is 5. The van der Waals surface area contributed by atoms with Crippen LogP contribution in [0, 0.1) is 6.92 Å². The number of aliphatic hydroxyl groups is 1. The zero-order valence-electron chi connectivity index (χ0n) is 14.1. The molecular weight excluding hydrogens is 318 g/mol. The van der Waals surface area contributed by atoms with Crippen LogP contribution in [0.2, 0.25) is 0 Å². The zero-order chi connectivity index (χ0) is 17.9. The van der Waals surface area contributed by atoms with E-state index >= 15 is 0 Å². The zero-order valence-corrected chi connectivity index (χ0v) is 14.1. The van der Waals surface area contributed by atoms with Crippen molar-refractivity contribution in [3.05, 3.63) is 66.1 Å². The lowest BCUT2D eigenvalue weighted by atomic mass is 9.92. The van der Waals surface area contributed by atoms with E-state index in [0.717, 1.165) is 5.56 Å². The van der Waals surface area contributed by atoms with Gasteiger partial charge in [0.05, 0.1) is 12.0 Å². The average Bonchev–Trinajstić information content (AvgIpc) is 3.12. The normalized spacial score (nSPS) is 13.2. The van der Waals surface area contributed by atoms with E-state index in [-0.39, 0.29) is 12.3 Å². The SMILES string of the molecule is Cc1ccc(-c2nnco2)cc1NC(=O)CC(C)(O)c1ccccc1. The Balaban J connectivity index is 1.76. The van der Waals surface area contributed by atoms with Crippen LogP contribution in [-0.4, -0.2) is 21.2 Å². The molecule has 0 aliphatic carbocycles. The minimum atomic E-state index is -1.25. The summed E-state index contributed by atoms with van der Waals surface area (Å²) in [6, 6.07) is 14.6. The van der Waals surface area contributed by atoms with Crippen LogP contribution in [0.5, 0.6) is 0 Å². The van der Waals surface area contributed by atoms with E-state index in [9.17, 15) is 9.90 Å². The molecule has 0 bridgehead atoms. The highest BCUT2D eigenvalue weighted by atomic mass is 16.4. The van der Waals surface area contributed by atoms with Crippen LogP contribution < -0.4 is 5.32 Å². The Labute approximate surface area is 145 Å². The monoisotopic (exact) mass is 337 g/mol. The summed E-state index contributed by atoms with van der Waals surface area (Å²) in [5.74, 6) is 0.103. The third kappa shape index (κ3) is 3.92. The van der Waals surface area contributed by atoms with Gasteiger partial charge < -0.3 is 14.8 Å². The van der Waals surface area contributed by atoms with Gasteiger partial charge in [0.15, 0.2) is 0 Å². The molecule has 2 aromatic carbocycles. The molecule has 1 unspecified atom stereocenters. The molecule has 0 spiro atoms. The Bertz CT molecular complexity index is 859. The van der Waals surface area contributed by atoms with E-state index in [2.05, 4.69) is 15.5 Å². The molecular formula is C19H19N3O3. The largest absolute Gasteiger partial charge is 0.423 e. The highest BCUT2D eigenvalue weighted by molar-refractivity contribution is 5.92. The highest BCUT2D eigenvalue weighted by Crippen LogP contribution is 2.27. The summed E-state index contributed by atoms with van der Waals surface area (Å²) in [7, 11) is 0. The molecule has 6 nitrogen and oxygen atoms in total. The summed E-state index contributed by atoms with van der Waals surface area (Å²) in [4.78, 5) is 12.4. The molecule has 1 atom stereocenters. The molecule has 0 saturated carbocycles. The second kappa shape index (κ2) is 6.86. The lowest BCUT2D eigenvalue weighted by Gasteiger charge is -2.23. The summed E-state index contributed by atoms with van der Waals surface area (Å²) in [5.41, 5.74) is 1.71. The van der Waals surface area contributed by atoms with Crippen molar-refractivity contribution in [2.75, 3.05) is 5.32 Å². The van der Waals surface area contributed by atoms with Crippen LogP contribution in [0.25, 0.3) is 11.5 Å². The maximum atomic E-state index is 12.4. The van der Waals surface area contributed by atoms with E-state index in [1.54, 1.807) is 25.1 Å². The second-order valence-electron chi connectivity index (χ2n) is 6.14. The van der Waals surface area contributed by atoms with Gasteiger partial charge in [-0.15, -0.1) is 10.2 Å². The van der Waals surface area contributed by atoms with Crippen LogP contribution in [0.1, 0.15) is 24.5 Å². The fourth-order valence-electron chi connectivity index (χ4n) is 2.59. The van der Waals surface area contributed by atoms with Crippen molar-refractivity contribution in [1.82, 2.24) is 10.2 Å². The van der Waals surface area contributed by atoms with E-state index in [0.29, 0.717) is 22.7 Å². The van der Waals surface area contributed by atoms with Crippen LogP contribution >= 0.6 is 0 Å². The van der Waals surface area contributed by atoms with Gasteiger partial charge in [-0.25, -0.2) is 0 Å². The van der Waals surface area contributed by atoms with Gasteiger partial charge in [0.2, 0.25) is 18.2 Å². The molecule has 3 rings (SSSR count). The molecule has 3 aromatic rings. The first-order valence-electron chi connectivity index (χ1n) is 7.91. The standard InChI is InChI=1S/C19H19N3O3/c1-13-8-9-14(18-22-20-12-25-18)10-16(13)21-17(23)11-19(2,24)15-6-4-3-5-7-15/h3-10,12,24H,11H2,1-2H3,(H,21,23). The molecule has 25 heavy (non-hydrogen) atoms. The molecule has 1 amide bonds. The number of carbonyl (C=O) groups is 1. The molecule has 2 N–H and O–H groups in total. The van der Waals surface area contributed by atoms with E-state index in [1.807, 2.05) is 37.3 Å². The lowest BCUT2D eigenvalue weighted by Crippen LogP contribution is -2.28. The van der Waals surface area contributed by atoms with Crippen molar-refractivity contribution in [2.45, 2.75) is 25.9 Å². The third-order valence-corrected chi connectivity index (χ3v) is 4.02. The summed E-state index contributed by atoms with van der Waals surface area (Å²) < 4.78 is 5.18. The third-order valence-electron chi connectivity index (χ3n) is 4.02. The van der Waals surface area contributed by atoms with Crippen molar-refractivity contribution in [2.24, 2.45) is 0 Å². The fraction of sp³-hybridized carbons (Fsp3) is 0.211. The van der Waals surface area contributed by atoms with Crippen molar-refractivity contribution >= 4 is 11.6 Å². The molecule has 0 aliphatic heterocycles. The predicted octanol–water partition coefficient (Wildman–Crippen LogP) is 3.28. The Morgan fingerprint density at radius 2 is 2.00 bits per heavy atom. The summed E-state index contributed by atoms with van der Waals surface area (Å²) >= 11 is 0. The molecule has 0 aliphatic rings. The first kappa shape index (κ1) is 16.9. The number of hydrogen-bond donors (Lipinski definition) is 2. The number of anilines is 1. The molecule has 0 saturated heterocycles. The van der Waals surface area contributed by atoms with Gasteiger partial charge in [-0.1, -0.05) is 36.4 Å². The molecule has 128 valence electrons. The molecule has 0 radical (unpaired) electrons. The van der Waals surface area contributed by atoms with Gasteiger partial charge in [0.25, 0.3) is 0 Å². The van der Waals surface area contributed by atoms with E-state index in [1.165, 1.54) is 6.39 Å². The maximum Gasteiger partial charge on any atom is 0.247 e. The van der Waals surface area contributed by atoms with Gasteiger partial charge in [-0.3, -0.25) is 4.79 Å². The smallest absolute Gasteiger partial charge is 0.247 e. The van der Waals surface area contributed by atoms with Gasteiger partial charge in [-0.2, -0.15) is 0 Å². The number of aryl methyl sites for hydroxylation is 1. The van der Waals surface area contributed by atoms with Crippen LogP contribution in [0.4, 0.5) is 5.69 Å².